The molecular weight excluding hydrogens is 296 g/mol. The van der Waals surface area contributed by atoms with Gasteiger partial charge in [0.1, 0.15) is 11.5 Å². The number of carbonyl (C=O) groups excluding carboxylic acids is 2. The molecule has 23 heavy (non-hydrogen) atoms. The second-order valence-electron chi connectivity index (χ2n) is 4.79. The van der Waals surface area contributed by atoms with Gasteiger partial charge in [0.05, 0.1) is 5.56 Å². The Kier molecular flexibility index (Phi) is 5.57. The molecule has 0 aliphatic heterocycles. The van der Waals surface area contributed by atoms with Crippen LogP contribution in [0.25, 0.3) is 0 Å². The molecule has 2 aromatic carbocycles. The van der Waals surface area contributed by atoms with E-state index < -0.39 is 17.9 Å². The molecule has 0 saturated carbocycles. The molecule has 0 aliphatic rings. The molecule has 120 valence electrons. The van der Waals surface area contributed by atoms with E-state index in [-0.39, 0.29) is 11.3 Å². The van der Waals surface area contributed by atoms with Crippen LogP contribution < -0.4 is 15.6 Å². The zero-order chi connectivity index (χ0) is 16.7. The Bertz CT molecular complexity index is 673. The number of para-hydroxylation sites is 2. The van der Waals surface area contributed by atoms with Crippen molar-refractivity contribution in [2.75, 3.05) is 0 Å². The number of carbonyl (C=O) groups is 2. The number of hydrogen-bond donors (Lipinski definition) is 3. The van der Waals surface area contributed by atoms with Gasteiger partial charge in [0.15, 0.2) is 6.10 Å². The van der Waals surface area contributed by atoms with E-state index in [4.69, 9.17) is 4.74 Å². The Balaban J connectivity index is 1.92. The van der Waals surface area contributed by atoms with E-state index in [1.54, 1.807) is 43.3 Å². The van der Waals surface area contributed by atoms with Crippen LogP contribution >= 0.6 is 0 Å². The van der Waals surface area contributed by atoms with Gasteiger partial charge in [-0.1, -0.05) is 37.3 Å². The van der Waals surface area contributed by atoms with E-state index in [0.717, 1.165) is 0 Å². The van der Waals surface area contributed by atoms with Crippen molar-refractivity contribution >= 4 is 11.8 Å². The maximum absolute atomic E-state index is 12.1. The van der Waals surface area contributed by atoms with Crippen LogP contribution in [0.2, 0.25) is 0 Å². The smallest absolute Gasteiger partial charge is 0.279 e. The average Bonchev–Trinajstić information content (AvgIpc) is 2.58. The summed E-state index contributed by atoms with van der Waals surface area (Å²) in [6.45, 7) is 1.80. The molecular formula is C17H18N2O4. The number of amides is 2. The third kappa shape index (κ3) is 4.47. The van der Waals surface area contributed by atoms with Crippen molar-refractivity contribution in [3.63, 3.8) is 0 Å². The number of ether oxygens (including phenoxy) is 1. The second kappa shape index (κ2) is 7.84. The highest BCUT2D eigenvalue weighted by Crippen LogP contribution is 2.15. The Labute approximate surface area is 134 Å². The van der Waals surface area contributed by atoms with Gasteiger partial charge in [0.2, 0.25) is 0 Å². The topological polar surface area (TPSA) is 87.7 Å². The number of hydrogen-bond acceptors (Lipinski definition) is 4. The highest BCUT2D eigenvalue weighted by atomic mass is 16.5. The maximum atomic E-state index is 12.1. The summed E-state index contributed by atoms with van der Waals surface area (Å²) in [5.41, 5.74) is 4.64. The van der Waals surface area contributed by atoms with E-state index >= 15 is 0 Å². The first-order valence-electron chi connectivity index (χ1n) is 7.21. The largest absolute Gasteiger partial charge is 0.507 e. The standard InChI is InChI=1S/C17H18N2O4/c1-2-15(23-12-8-4-3-5-9-12)17(22)19-18-16(21)13-10-6-7-11-14(13)20/h3-11,15,20H,2H2,1H3,(H,18,21)(H,19,22). The normalized spacial score (nSPS) is 11.3. The van der Waals surface area contributed by atoms with Gasteiger partial charge in [-0.3, -0.25) is 20.4 Å². The summed E-state index contributed by atoms with van der Waals surface area (Å²) in [5.74, 6) is -0.667. The minimum atomic E-state index is -0.734. The van der Waals surface area contributed by atoms with Crippen LogP contribution in [0.1, 0.15) is 23.7 Å². The lowest BCUT2D eigenvalue weighted by atomic mass is 10.2. The third-order valence-electron chi connectivity index (χ3n) is 3.13. The molecule has 2 amide bonds. The van der Waals surface area contributed by atoms with Crippen molar-refractivity contribution in [3.05, 3.63) is 60.2 Å². The number of nitrogens with one attached hydrogen (secondary N) is 2. The van der Waals surface area contributed by atoms with E-state index in [0.29, 0.717) is 12.2 Å². The Morgan fingerprint density at radius 1 is 1.04 bits per heavy atom. The zero-order valence-electron chi connectivity index (χ0n) is 12.7. The van der Waals surface area contributed by atoms with Crippen LogP contribution in [0.4, 0.5) is 0 Å². The summed E-state index contributed by atoms with van der Waals surface area (Å²) < 4.78 is 5.57. The zero-order valence-corrected chi connectivity index (χ0v) is 12.7. The first-order valence-corrected chi connectivity index (χ1v) is 7.21. The predicted octanol–water partition coefficient (Wildman–Crippen LogP) is 2.01. The summed E-state index contributed by atoms with van der Waals surface area (Å²) in [4.78, 5) is 24.0. The molecule has 1 atom stereocenters. The fraction of sp³-hybridized carbons (Fsp3) is 0.176. The Morgan fingerprint density at radius 2 is 1.70 bits per heavy atom. The van der Waals surface area contributed by atoms with Crippen molar-refractivity contribution in [3.8, 4) is 11.5 Å². The molecule has 3 N–H and O–H groups in total. The molecule has 0 bridgehead atoms. The van der Waals surface area contributed by atoms with E-state index in [1.165, 1.54) is 12.1 Å². The molecule has 0 spiro atoms. The fourth-order valence-corrected chi connectivity index (χ4v) is 1.92. The highest BCUT2D eigenvalue weighted by molar-refractivity contribution is 5.98. The lowest BCUT2D eigenvalue weighted by molar-refractivity contribution is -0.128. The predicted molar refractivity (Wildman–Crippen MR) is 84.9 cm³/mol. The van der Waals surface area contributed by atoms with Gasteiger partial charge < -0.3 is 9.84 Å². The van der Waals surface area contributed by atoms with Gasteiger partial charge in [-0.05, 0) is 30.7 Å². The molecule has 2 aromatic rings. The summed E-state index contributed by atoms with van der Waals surface area (Å²) in [6.07, 6.45) is -0.297. The molecule has 6 heteroatoms. The van der Waals surface area contributed by atoms with Crippen molar-refractivity contribution in [1.29, 1.82) is 0 Å². The van der Waals surface area contributed by atoms with E-state index in [9.17, 15) is 14.7 Å². The van der Waals surface area contributed by atoms with Crippen molar-refractivity contribution in [1.82, 2.24) is 10.9 Å². The molecule has 0 saturated heterocycles. The number of rotatable bonds is 5. The Morgan fingerprint density at radius 3 is 2.35 bits per heavy atom. The van der Waals surface area contributed by atoms with Crippen molar-refractivity contribution in [2.45, 2.75) is 19.4 Å². The maximum Gasteiger partial charge on any atom is 0.279 e. The van der Waals surface area contributed by atoms with Gasteiger partial charge in [-0.25, -0.2) is 0 Å². The molecule has 0 radical (unpaired) electrons. The summed E-state index contributed by atoms with van der Waals surface area (Å²) in [6, 6.07) is 15.0. The molecule has 0 aromatic heterocycles. The molecule has 0 aliphatic carbocycles. The van der Waals surface area contributed by atoms with Gasteiger partial charge in [-0.15, -0.1) is 0 Å². The van der Waals surface area contributed by atoms with Crippen molar-refractivity contribution < 1.29 is 19.4 Å². The fourth-order valence-electron chi connectivity index (χ4n) is 1.92. The lowest BCUT2D eigenvalue weighted by Crippen LogP contribution is -2.47. The van der Waals surface area contributed by atoms with Gasteiger partial charge in [0, 0.05) is 0 Å². The first-order chi connectivity index (χ1) is 11.1. The SMILES string of the molecule is CCC(Oc1ccccc1)C(=O)NNC(=O)c1ccccc1O. The highest BCUT2D eigenvalue weighted by Gasteiger charge is 2.19. The molecule has 6 nitrogen and oxygen atoms in total. The van der Waals surface area contributed by atoms with E-state index in [2.05, 4.69) is 10.9 Å². The summed E-state index contributed by atoms with van der Waals surface area (Å²) in [7, 11) is 0. The Hall–Kier alpha value is -3.02. The van der Waals surface area contributed by atoms with Crippen LogP contribution in [0.3, 0.4) is 0 Å². The monoisotopic (exact) mass is 314 g/mol. The van der Waals surface area contributed by atoms with Crippen LogP contribution in [-0.2, 0) is 4.79 Å². The van der Waals surface area contributed by atoms with Gasteiger partial charge >= 0.3 is 0 Å². The third-order valence-corrected chi connectivity index (χ3v) is 3.13. The minimum Gasteiger partial charge on any atom is -0.507 e. The summed E-state index contributed by atoms with van der Waals surface area (Å²) >= 11 is 0. The number of phenols is 1. The van der Waals surface area contributed by atoms with Crippen LogP contribution in [0.5, 0.6) is 11.5 Å². The molecule has 0 fully saturated rings. The second-order valence-corrected chi connectivity index (χ2v) is 4.79. The average molecular weight is 314 g/mol. The number of benzene rings is 2. The minimum absolute atomic E-state index is 0.0739. The van der Waals surface area contributed by atoms with Crippen LogP contribution in [-0.4, -0.2) is 23.0 Å². The quantitative estimate of drug-likeness (QED) is 0.737. The molecule has 1 unspecified atom stereocenters. The van der Waals surface area contributed by atoms with Crippen molar-refractivity contribution in [2.24, 2.45) is 0 Å². The van der Waals surface area contributed by atoms with E-state index in [1.807, 2.05) is 6.07 Å². The van der Waals surface area contributed by atoms with Gasteiger partial charge in [-0.2, -0.15) is 0 Å². The van der Waals surface area contributed by atoms with Crippen LogP contribution in [0.15, 0.2) is 54.6 Å². The first kappa shape index (κ1) is 16.4. The van der Waals surface area contributed by atoms with Crippen LogP contribution in [0, 0.1) is 0 Å². The summed E-state index contributed by atoms with van der Waals surface area (Å²) in [5, 5.41) is 9.60. The molecule has 2 rings (SSSR count). The van der Waals surface area contributed by atoms with Gasteiger partial charge in [0.25, 0.3) is 11.8 Å². The number of phenolic OH excluding ortho intramolecular Hbond substituents is 1. The molecule has 0 heterocycles. The number of aromatic hydroxyl groups is 1. The lowest BCUT2D eigenvalue weighted by Gasteiger charge is -2.17. The number of hydrazine groups is 1.